The highest BCUT2D eigenvalue weighted by atomic mass is 35.5. The number of nitrogens with one attached hydrogen (secondary N) is 1. The van der Waals surface area contributed by atoms with Crippen LogP contribution in [0.1, 0.15) is 23.0 Å². The number of hydrogen-bond donors (Lipinski definition) is 1. The molecule has 1 aromatic rings. The van der Waals surface area contributed by atoms with Gasteiger partial charge in [0.05, 0.1) is 0 Å². The number of hydrogen-bond acceptors (Lipinski definition) is 2. The van der Waals surface area contributed by atoms with Gasteiger partial charge >= 0.3 is 0 Å². The van der Waals surface area contributed by atoms with Crippen molar-refractivity contribution in [3.8, 4) is 0 Å². The summed E-state index contributed by atoms with van der Waals surface area (Å²) in [6.07, 6.45) is 0. The lowest BCUT2D eigenvalue weighted by molar-refractivity contribution is 0.0966. The maximum Gasteiger partial charge on any atom is 0.255 e. The summed E-state index contributed by atoms with van der Waals surface area (Å²) in [6.45, 7) is 7.08. The monoisotopic (exact) mass is 210 g/mol. The van der Waals surface area contributed by atoms with Gasteiger partial charge in [-0.1, -0.05) is 18.2 Å². The van der Waals surface area contributed by atoms with Crippen molar-refractivity contribution in [1.29, 1.82) is 0 Å². The van der Waals surface area contributed by atoms with Gasteiger partial charge in [0, 0.05) is 17.0 Å². The van der Waals surface area contributed by atoms with Crippen LogP contribution in [0.3, 0.4) is 0 Å². The predicted octanol–water partition coefficient (Wildman–Crippen LogP) is 2.31. The Kier molecular flexibility index (Phi) is 3.25. The van der Waals surface area contributed by atoms with Crippen LogP contribution in [-0.4, -0.2) is 10.9 Å². The van der Waals surface area contributed by atoms with E-state index in [9.17, 15) is 4.79 Å². The fourth-order valence-electron chi connectivity index (χ4n) is 1.03. The van der Waals surface area contributed by atoms with Gasteiger partial charge in [0.2, 0.25) is 0 Å². The fourth-order valence-corrected chi connectivity index (χ4v) is 1.28. The maximum atomic E-state index is 11.5. The second-order valence-electron chi connectivity index (χ2n) is 3.05. The fraction of sp³-hybridized carbons (Fsp3) is 0.200. The van der Waals surface area contributed by atoms with Crippen LogP contribution < -0.4 is 5.32 Å². The maximum absolute atomic E-state index is 11.5. The Morgan fingerprint density at radius 2 is 2.21 bits per heavy atom. The van der Waals surface area contributed by atoms with E-state index in [1.165, 1.54) is 6.07 Å². The van der Waals surface area contributed by atoms with Crippen molar-refractivity contribution in [3.63, 3.8) is 0 Å². The molecule has 1 aromatic heterocycles. The Balaban J connectivity index is 2.95. The first-order valence-corrected chi connectivity index (χ1v) is 4.48. The van der Waals surface area contributed by atoms with Crippen molar-refractivity contribution in [2.75, 3.05) is 0 Å². The highest BCUT2D eigenvalue weighted by molar-refractivity contribution is 6.29. The van der Waals surface area contributed by atoms with E-state index in [0.29, 0.717) is 22.1 Å². The molecule has 3 nitrogen and oxygen atoms in total. The topological polar surface area (TPSA) is 42.0 Å². The lowest BCUT2D eigenvalue weighted by Crippen LogP contribution is -2.20. The molecule has 1 rings (SSSR count). The minimum Gasteiger partial charge on any atom is -0.327 e. The second kappa shape index (κ2) is 4.24. The van der Waals surface area contributed by atoms with Gasteiger partial charge in [-0.05, 0) is 26.0 Å². The summed E-state index contributed by atoms with van der Waals surface area (Å²) < 4.78 is 0. The highest BCUT2D eigenvalue weighted by Gasteiger charge is 2.07. The summed E-state index contributed by atoms with van der Waals surface area (Å²) in [4.78, 5) is 15.5. The number of halogens is 1. The summed E-state index contributed by atoms with van der Waals surface area (Å²) in [5.74, 6) is -0.218. The number of aromatic nitrogens is 1. The van der Waals surface area contributed by atoms with Crippen molar-refractivity contribution < 1.29 is 4.79 Å². The molecule has 0 bridgehead atoms. The summed E-state index contributed by atoms with van der Waals surface area (Å²) in [5.41, 5.74) is 1.80. The number of carbonyl (C=O) groups is 1. The van der Waals surface area contributed by atoms with E-state index in [4.69, 9.17) is 11.6 Å². The third-order valence-corrected chi connectivity index (χ3v) is 1.70. The summed E-state index contributed by atoms with van der Waals surface area (Å²) in [6, 6.07) is 3.19. The zero-order chi connectivity index (χ0) is 10.7. The number of amides is 1. The molecule has 0 aliphatic carbocycles. The molecule has 1 N–H and O–H groups in total. The van der Waals surface area contributed by atoms with Crippen molar-refractivity contribution in [2.45, 2.75) is 13.8 Å². The highest BCUT2D eigenvalue weighted by Crippen LogP contribution is 2.10. The van der Waals surface area contributed by atoms with Gasteiger partial charge in [0.15, 0.2) is 0 Å². The van der Waals surface area contributed by atoms with Gasteiger partial charge in [-0.2, -0.15) is 0 Å². The molecular weight excluding hydrogens is 200 g/mol. The summed E-state index contributed by atoms with van der Waals surface area (Å²) in [5, 5.41) is 2.91. The third kappa shape index (κ3) is 2.85. The van der Waals surface area contributed by atoms with Crippen LogP contribution in [0.2, 0.25) is 5.15 Å². The largest absolute Gasteiger partial charge is 0.327 e. The first-order chi connectivity index (χ1) is 6.49. The van der Waals surface area contributed by atoms with Crippen LogP contribution in [0.4, 0.5) is 0 Å². The number of carbonyl (C=O) groups excluding carboxylic acids is 1. The lowest BCUT2D eigenvalue weighted by Gasteiger charge is -2.04. The number of rotatable bonds is 2. The van der Waals surface area contributed by atoms with Crippen LogP contribution in [0.25, 0.3) is 0 Å². The van der Waals surface area contributed by atoms with Crippen LogP contribution in [0.15, 0.2) is 24.4 Å². The Bertz CT molecular complexity index is 367. The molecule has 0 saturated carbocycles. The normalized spacial score (nSPS) is 9.64. The Morgan fingerprint density at radius 1 is 1.57 bits per heavy atom. The molecule has 0 aliphatic rings. The van der Waals surface area contributed by atoms with Gasteiger partial charge in [-0.3, -0.25) is 4.79 Å². The average Bonchev–Trinajstić information content (AvgIpc) is 2.00. The predicted molar refractivity (Wildman–Crippen MR) is 56.3 cm³/mol. The number of allylic oxidation sites excluding steroid dienone is 1. The van der Waals surface area contributed by atoms with Gasteiger partial charge < -0.3 is 5.32 Å². The molecule has 1 amide bonds. The van der Waals surface area contributed by atoms with Gasteiger partial charge in [0.25, 0.3) is 5.91 Å². The zero-order valence-corrected chi connectivity index (χ0v) is 8.85. The van der Waals surface area contributed by atoms with E-state index in [0.717, 1.165) is 0 Å². The number of aryl methyl sites for hydroxylation is 1. The van der Waals surface area contributed by atoms with E-state index in [-0.39, 0.29) is 5.91 Å². The van der Waals surface area contributed by atoms with Crippen molar-refractivity contribution in [2.24, 2.45) is 0 Å². The van der Waals surface area contributed by atoms with Crippen LogP contribution in [0, 0.1) is 6.92 Å². The van der Waals surface area contributed by atoms with E-state index < -0.39 is 0 Å². The van der Waals surface area contributed by atoms with Crippen molar-refractivity contribution in [3.05, 3.63) is 40.8 Å². The molecular formula is C10H11ClN2O. The third-order valence-electron chi connectivity index (χ3n) is 1.51. The zero-order valence-electron chi connectivity index (χ0n) is 8.10. The van der Waals surface area contributed by atoms with Gasteiger partial charge in [0.1, 0.15) is 5.15 Å². The first-order valence-electron chi connectivity index (χ1n) is 4.10. The standard InChI is InChI=1S/C10H11ClN2O/c1-6(2)12-10(14)8-4-7(3)13-9(11)5-8/h4-5H,1H2,2-3H3,(H,12,14). The Labute approximate surface area is 87.8 Å². The van der Waals surface area contributed by atoms with Crippen LogP contribution in [-0.2, 0) is 0 Å². The molecule has 0 aliphatic heterocycles. The number of pyridine rings is 1. The molecule has 1 heterocycles. The van der Waals surface area contributed by atoms with Crippen LogP contribution >= 0.6 is 11.6 Å². The smallest absolute Gasteiger partial charge is 0.255 e. The summed E-state index contributed by atoms with van der Waals surface area (Å²) in [7, 11) is 0. The van der Waals surface area contributed by atoms with E-state index in [2.05, 4.69) is 16.9 Å². The van der Waals surface area contributed by atoms with E-state index >= 15 is 0 Å². The van der Waals surface area contributed by atoms with Gasteiger partial charge in [-0.25, -0.2) is 4.98 Å². The Morgan fingerprint density at radius 3 is 2.71 bits per heavy atom. The minimum absolute atomic E-state index is 0.218. The molecule has 0 spiro atoms. The molecule has 0 saturated heterocycles. The molecule has 0 atom stereocenters. The SMILES string of the molecule is C=C(C)NC(=O)c1cc(C)nc(Cl)c1. The number of nitrogens with zero attached hydrogens (tertiary/aromatic N) is 1. The second-order valence-corrected chi connectivity index (χ2v) is 3.44. The first kappa shape index (κ1) is 10.7. The molecule has 14 heavy (non-hydrogen) atoms. The van der Waals surface area contributed by atoms with E-state index in [1.54, 1.807) is 19.9 Å². The molecule has 0 unspecified atom stereocenters. The van der Waals surface area contributed by atoms with Gasteiger partial charge in [-0.15, -0.1) is 0 Å². The van der Waals surface area contributed by atoms with Crippen molar-refractivity contribution >= 4 is 17.5 Å². The average molecular weight is 211 g/mol. The Hall–Kier alpha value is -1.35. The molecule has 0 radical (unpaired) electrons. The molecule has 4 heteroatoms. The summed E-state index contributed by atoms with van der Waals surface area (Å²) >= 11 is 5.72. The van der Waals surface area contributed by atoms with Crippen LogP contribution in [0.5, 0.6) is 0 Å². The van der Waals surface area contributed by atoms with Crippen molar-refractivity contribution in [1.82, 2.24) is 10.3 Å². The quantitative estimate of drug-likeness (QED) is 0.762. The van der Waals surface area contributed by atoms with E-state index in [1.807, 2.05) is 0 Å². The molecule has 0 aromatic carbocycles. The molecule has 74 valence electrons. The lowest BCUT2D eigenvalue weighted by atomic mass is 10.2. The minimum atomic E-state index is -0.218. The molecule has 0 fully saturated rings.